The van der Waals surface area contributed by atoms with Gasteiger partial charge >= 0.3 is 5.97 Å². The van der Waals surface area contributed by atoms with Crippen molar-refractivity contribution in [2.75, 3.05) is 26.2 Å². The highest BCUT2D eigenvalue weighted by Crippen LogP contribution is 2.03. The highest BCUT2D eigenvalue weighted by molar-refractivity contribution is 5.76. The molecule has 7 nitrogen and oxygen atoms in total. The first-order chi connectivity index (χ1) is 14.1. The van der Waals surface area contributed by atoms with Crippen LogP contribution in [-0.4, -0.2) is 44.0 Å². The van der Waals surface area contributed by atoms with E-state index in [1.54, 1.807) is 0 Å². The molecule has 2 amide bonds. The molecule has 4 N–H and O–H groups in total. The lowest BCUT2D eigenvalue weighted by molar-refractivity contribution is -0.143. The molecule has 0 aromatic heterocycles. The summed E-state index contributed by atoms with van der Waals surface area (Å²) in [6.07, 6.45) is 11.6. The van der Waals surface area contributed by atoms with Crippen molar-refractivity contribution in [2.45, 2.75) is 96.8 Å². The predicted molar refractivity (Wildman–Crippen MR) is 116 cm³/mol. The number of carbonyl (C=O) groups is 3. The average Bonchev–Trinajstić information content (AvgIpc) is 2.70. The van der Waals surface area contributed by atoms with Gasteiger partial charge < -0.3 is 21.1 Å². The summed E-state index contributed by atoms with van der Waals surface area (Å²) in [4.78, 5) is 34.8. The van der Waals surface area contributed by atoms with Crippen molar-refractivity contribution in [3.8, 4) is 0 Å². The number of rotatable bonds is 20. The predicted octanol–water partition coefficient (Wildman–Crippen LogP) is 3.20. The summed E-state index contributed by atoms with van der Waals surface area (Å²) >= 11 is 0. The van der Waals surface area contributed by atoms with Crippen LogP contribution in [0.25, 0.3) is 0 Å². The standard InChI is InChI=1S/C22H43N3O4/c1-2-3-19-29-22(28)15-9-6-12-18-25-21(27)14-8-5-11-17-24-20(26)13-7-4-10-16-23/h2-19,23H2,1H3,(H,24,26)(H,25,27). The van der Waals surface area contributed by atoms with E-state index >= 15 is 0 Å². The van der Waals surface area contributed by atoms with Crippen LogP contribution in [0.4, 0.5) is 0 Å². The zero-order valence-corrected chi connectivity index (χ0v) is 18.4. The van der Waals surface area contributed by atoms with Crippen molar-refractivity contribution in [1.82, 2.24) is 10.6 Å². The minimum absolute atomic E-state index is 0.0768. The fourth-order valence-electron chi connectivity index (χ4n) is 2.80. The second-order valence-electron chi connectivity index (χ2n) is 7.49. The van der Waals surface area contributed by atoms with E-state index in [9.17, 15) is 14.4 Å². The smallest absolute Gasteiger partial charge is 0.305 e. The Morgan fingerprint density at radius 3 is 1.72 bits per heavy atom. The molecule has 0 aromatic carbocycles. The van der Waals surface area contributed by atoms with Crippen molar-refractivity contribution in [1.29, 1.82) is 0 Å². The molecule has 0 aliphatic heterocycles. The van der Waals surface area contributed by atoms with Crippen LogP contribution in [0.15, 0.2) is 0 Å². The maximum atomic E-state index is 11.8. The summed E-state index contributed by atoms with van der Waals surface area (Å²) in [7, 11) is 0. The van der Waals surface area contributed by atoms with E-state index in [-0.39, 0.29) is 17.8 Å². The third-order valence-corrected chi connectivity index (χ3v) is 4.65. The van der Waals surface area contributed by atoms with Gasteiger partial charge in [0.15, 0.2) is 0 Å². The molecule has 29 heavy (non-hydrogen) atoms. The molecule has 0 heterocycles. The Morgan fingerprint density at radius 1 is 0.690 bits per heavy atom. The van der Waals surface area contributed by atoms with E-state index in [0.29, 0.717) is 45.5 Å². The van der Waals surface area contributed by atoms with Gasteiger partial charge in [0, 0.05) is 32.4 Å². The van der Waals surface area contributed by atoms with Gasteiger partial charge in [0.1, 0.15) is 0 Å². The van der Waals surface area contributed by atoms with Crippen LogP contribution in [0, 0.1) is 0 Å². The largest absolute Gasteiger partial charge is 0.466 e. The second-order valence-corrected chi connectivity index (χ2v) is 7.49. The maximum Gasteiger partial charge on any atom is 0.305 e. The average molecular weight is 414 g/mol. The first kappa shape index (κ1) is 27.4. The fourth-order valence-corrected chi connectivity index (χ4v) is 2.80. The summed E-state index contributed by atoms with van der Waals surface area (Å²) < 4.78 is 5.10. The molecule has 0 aliphatic rings. The molecule has 0 rings (SSSR count). The molecule has 0 fully saturated rings. The summed E-state index contributed by atoms with van der Waals surface area (Å²) in [5.41, 5.74) is 5.42. The van der Waals surface area contributed by atoms with Crippen molar-refractivity contribution >= 4 is 17.8 Å². The van der Waals surface area contributed by atoms with Crippen LogP contribution < -0.4 is 16.4 Å². The molecule has 0 unspecified atom stereocenters. The van der Waals surface area contributed by atoms with Gasteiger partial charge in [-0.05, 0) is 51.5 Å². The van der Waals surface area contributed by atoms with Crippen LogP contribution in [0.5, 0.6) is 0 Å². The molecule has 0 atom stereocenters. The molecule has 0 saturated carbocycles. The number of hydrogen-bond acceptors (Lipinski definition) is 5. The van der Waals surface area contributed by atoms with Crippen LogP contribution >= 0.6 is 0 Å². The van der Waals surface area contributed by atoms with E-state index < -0.39 is 0 Å². The first-order valence-corrected chi connectivity index (χ1v) is 11.5. The summed E-state index contributed by atoms with van der Waals surface area (Å²) in [6, 6.07) is 0. The highest BCUT2D eigenvalue weighted by Gasteiger charge is 2.04. The lowest BCUT2D eigenvalue weighted by atomic mass is 10.1. The maximum absolute atomic E-state index is 11.8. The van der Waals surface area contributed by atoms with Crippen LogP contribution in [0.3, 0.4) is 0 Å². The molecular weight excluding hydrogens is 370 g/mol. The summed E-state index contributed by atoms with van der Waals surface area (Å²) in [5.74, 6) is 0.0622. The third-order valence-electron chi connectivity index (χ3n) is 4.65. The number of hydrogen-bond donors (Lipinski definition) is 3. The van der Waals surface area contributed by atoms with Gasteiger partial charge in [0.25, 0.3) is 0 Å². The van der Waals surface area contributed by atoms with Gasteiger partial charge in [-0.1, -0.05) is 32.6 Å². The number of ether oxygens (including phenoxy) is 1. The van der Waals surface area contributed by atoms with Gasteiger partial charge in [0.05, 0.1) is 6.61 Å². The van der Waals surface area contributed by atoms with Crippen molar-refractivity contribution in [3.05, 3.63) is 0 Å². The van der Waals surface area contributed by atoms with Crippen LogP contribution in [0.1, 0.15) is 96.8 Å². The van der Waals surface area contributed by atoms with Gasteiger partial charge in [-0.2, -0.15) is 0 Å². The quantitative estimate of drug-likeness (QED) is 0.210. The van der Waals surface area contributed by atoms with E-state index in [2.05, 4.69) is 17.6 Å². The van der Waals surface area contributed by atoms with Gasteiger partial charge in [-0.25, -0.2) is 0 Å². The van der Waals surface area contributed by atoms with Crippen LogP contribution in [-0.2, 0) is 19.1 Å². The Morgan fingerprint density at radius 2 is 1.21 bits per heavy atom. The highest BCUT2D eigenvalue weighted by atomic mass is 16.5. The van der Waals surface area contributed by atoms with E-state index in [1.165, 1.54) is 0 Å². The first-order valence-electron chi connectivity index (χ1n) is 11.5. The molecule has 0 bridgehead atoms. The zero-order valence-electron chi connectivity index (χ0n) is 18.4. The molecule has 0 saturated heterocycles. The Kier molecular flexibility index (Phi) is 19.9. The molecule has 0 aliphatic carbocycles. The normalized spacial score (nSPS) is 10.6. The summed E-state index contributed by atoms with van der Waals surface area (Å²) in [5, 5.41) is 5.84. The molecule has 170 valence electrons. The Hall–Kier alpha value is -1.63. The lowest BCUT2D eigenvalue weighted by Crippen LogP contribution is -2.25. The van der Waals surface area contributed by atoms with Crippen molar-refractivity contribution in [3.63, 3.8) is 0 Å². The Balaban J connectivity index is 3.36. The second kappa shape index (κ2) is 21.1. The van der Waals surface area contributed by atoms with Crippen molar-refractivity contribution < 1.29 is 19.1 Å². The monoisotopic (exact) mass is 413 g/mol. The van der Waals surface area contributed by atoms with Gasteiger partial charge in [0.2, 0.25) is 11.8 Å². The molecular formula is C22H43N3O4. The number of nitrogens with one attached hydrogen (secondary N) is 2. The third kappa shape index (κ3) is 20.9. The van der Waals surface area contributed by atoms with E-state index in [4.69, 9.17) is 10.5 Å². The van der Waals surface area contributed by atoms with Gasteiger partial charge in [-0.3, -0.25) is 14.4 Å². The SMILES string of the molecule is CCCCOC(=O)CCCCCNC(=O)CCCCCNC(=O)CCCCCN. The number of esters is 1. The minimum atomic E-state index is -0.120. The Bertz CT molecular complexity index is 430. The number of carbonyl (C=O) groups excluding carboxylic acids is 3. The molecule has 7 heteroatoms. The zero-order chi connectivity index (χ0) is 21.6. The number of amides is 2. The van der Waals surface area contributed by atoms with Crippen molar-refractivity contribution in [2.24, 2.45) is 5.73 Å². The molecule has 0 radical (unpaired) electrons. The van der Waals surface area contributed by atoms with E-state index in [1.807, 2.05) is 0 Å². The fraction of sp³-hybridized carbons (Fsp3) is 0.864. The van der Waals surface area contributed by atoms with Crippen LogP contribution in [0.2, 0.25) is 0 Å². The molecule has 0 aromatic rings. The topological polar surface area (TPSA) is 111 Å². The lowest BCUT2D eigenvalue weighted by Gasteiger charge is -2.07. The number of nitrogens with two attached hydrogens (primary N) is 1. The van der Waals surface area contributed by atoms with E-state index in [0.717, 1.165) is 70.6 Å². The van der Waals surface area contributed by atoms with Gasteiger partial charge in [-0.15, -0.1) is 0 Å². The molecule has 0 spiro atoms. The number of unbranched alkanes of at least 4 members (excludes halogenated alkanes) is 7. The summed E-state index contributed by atoms with van der Waals surface area (Å²) in [6.45, 7) is 4.61. The minimum Gasteiger partial charge on any atom is -0.466 e. The Labute approximate surface area is 176 Å².